The maximum atomic E-state index is 5.40. The molecule has 20 heavy (non-hydrogen) atoms. The molecule has 104 valence electrons. The number of fused-ring (bicyclic) bond motifs is 1. The zero-order valence-electron chi connectivity index (χ0n) is 11.2. The summed E-state index contributed by atoms with van der Waals surface area (Å²) in [5, 5.41) is 0.997. The Balaban J connectivity index is 2.21. The van der Waals surface area contributed by atoms with Gasteiger partial charge in [-0.1, -0.05) is 0 Å². The number of hydrogen-bond donors (Lipinski definition) is 1. The Labute approximate surface area is 124 Å². The zero-order valence-corrected chi connectivity index (χ0v) is 12.9. The third-order valence-electron chi connectivity index (χ3n) is 3.05. The molecule has 0 amide bonds. The van der Waals surface area contributed by atoms with Crippen LogP contribution in [0.1, 0.15) is 22.9 Å². The molecule has 0 spiro atoms. The van der Waals surface area contributed by atoms with E-state index in [1.807, 2.05) is 17.7 Å². The molecule has 0 aromatic carbocycles. The van der Waals surface area contributed by atoms with E-state index in [0.717, 1.165) is 10.7 Å². The Morgan fingerprint density at radius 2 is 2.20 bits per heavy atom. The molecule has 0 bridgehead atoms. The summed E-state index contributed by atoms with van der Waals surface area (Å²) in [5.74, 6) is 0.488. The maximum Gasteiger partial charge on any atom is 0.242 e. The molecule has 3 rings (SSSR count). The molecule has 1 atom stereocenters. The van der Waals surface area contributed by atoms with Gasteiger partial charge in [-0.05, 0) is 26.1 Å². The van der Waals surface area contributed by atoms with E-state index in [-0.39, 0.29) is 6.04 Å². The first-order chi connectivity index (χ1) is 9.61. The standard InChI is InChI=1S/C12H13N5OS2/c1-6-4-13-11(20-6)7(2)17-9-8(16-12(17)19)10(18-3)15-5-14-9/h4-5,7H,1-3H3,(H,16,19). The minimum absolute atomic E-state index is 0.00885. The molecule has 6 nitrogen and oxygen atoms in total. The largest absolute Gasteiger partial charge is 0.479 e. The van der Waals surface area contributed by atoms with Gasteiger partial charge in [0.05, 0.1) is 13.2 Å². The monoisotopic (exact) mass is 307 g/mol. The van der Waals surface area contributed by atoms with Crippen LogP contribution in [0.15, 0.2) is 12.5 Å². The predicted octanol–water partition coefficient (Wildman–Crippen LogP) is 2.87. The molecule has 0 aliphatic rings. The summed E-state index contributed by atoms with van der Waals surface area (Å²) < 4.78 is 7.75. The Bertz CT molecular complexity index is 819. The van der Waals surface area contributed by atoms with E-state index >= 15 is 0 Å². The van der Waals surface area contributed by atoms with Crippen molar-refractivity contribution in [3.8, 4) is 5.88 Å². The minimum Gasteiger partial charge on any atom is -0.479 e. The summed E-state index contributed by atoms with van der Waals surface area (Å²) in [5.41, 5.74) is 1.43. The van der Waals surface area contributed by atoms with E-state index in [9.17, 15) is 0 Å². The van der Waals surface area contributed by atoms with Crippen LogP contribution in [0.4, 0.5) is 0 Å². The molecule has 0 saturated heterocycles. The molecule has 3 heterocycles. The molecule has 0 aliphatic carbocycles. The van der Waals surface area contributed by atoms with Gasteiger partial charge in [0.15, 0.2) is 10.4 Å². The number of aryl methyl sites for hydroxylation is 1. The van der Waals surface area contributed by atoms with Crippen LogP contribution in [-0.2, 0) is 0 Å². The van der Waals surface area contributed by atoms with Crippen LogP contribution in [-0.4, -0.2) is 31.6 Å². The second-order valence-electron chi connectivity index (χ2n) is 4.37. The van der Waals surface area contributed by atoms with Crippen LogP contribution in [0, 0.1) is 11.7 Å². The minimum atomic E-state index is 0.00885. The van der Waals surface area contributed by atoms with Gasteiger partial charge in [-0.2, -0.15) is 4.98 Å². The van der Waals surface area contributed by atoms with Crippen LogP contribution in [0.3, 0.4) is 0 Å². The fraction of sp³-hybridized carbons (Fsp3) is 0.333. The van der Waals surface area contributed by atoms with Gasteiger partial charge in [-0.3, -0.25) is 4.57 Å². The van der Waals surface area contributed by atoms with Crippen LogP contribution in [0.25, 0.3) is 11.2 Å². The van der Waals surface area contributed by atoms with Gasteiger partial charge in [-0.25, -0.2) is 9.97 Å². The molecule has 0 aliphatic heterocycles. The summed E-state index contributed by atoms with van der Waals surface area (Å²) in [6, 6.07) is 0.00885. The highest BCUT2D eigenvalue weighted by Gasteiger charge is 2.19. The lowest BCUT2D eigenvalue weighted by atomic mass is 10.3. The van der Waals surface area contributed by atoms with Crippen LogP contribution in [0.2, 0.25) is 0 Å². The predicted molar refractivity (Wildman–Crippen MR) is 79.9 cm³/mol. The molecule has 0 saturated carbocycles. The molecule has 0 fully saturated rings. The van der Waals surface area contributed by atoms with Gasteiger partial charge in [0.2, 0.25) is 5.88 Å². The highest BCUT2D eigenvalue weighted by atomic mass is 32.1. The smallest absolute Gasteiger partial charge is 0.242 e. The number of ether oxygens (including phenoxy) is 1. The lowest BCUT2D eigenvalue weighted by molar-refractivity contribution is 0.401. The average molecular weight is 307 g/mol. The number of rotatable bonds is 3. The van der Waals surface area contributed by atoms with Gasteiger partial charge in [0.1, 0.15) is 16.9 Å². The summed E-state index contributed by atoms with van der Waals surface area (Å²) in [6.45, 7) is 4.09. The van der Waals surface area contributed by atoms with Gasteiger partial charge in [0.25, 0.3) is 0 Å². The van der Waals surface area contributed by atoms with Gasteiger partial charge >= 0.3 is 0 Å². The van der Waals surface area contributed by atoms with Crippen molar-refractivity contribution in [3.05, 3.63) is 27.2 Å². The number of hydrogen-bond acceptors (Lipinski definition) is 6. The van der Waals surface area contributed by atoms with E-state index < -0.39 is 0 Å². The van der Waals surface area contributed by atoms with Crippen molar-refractivity contribution in [1.29, 1.82) is 0 Å². The summed E-state index contributed by atoms with van der Waals surface area (Å²) in [6.07, 6.45) is 3.34. The van der Waals surface area contributed by atoms with Gasteiger partial charge in [0, 0.05) is 11.1 Å². The zero-order chi connectivity index (χ0) is 14.3. The van der Waals surface area contributed by atoms with Crippen molar-refractivity contribution >= 4 is 34.7 Å². The van der Waals surface area contributed by atoms with Crippen LogP contribution < -0.4 is 4.74 Å². The Kier molecular flexibility index (Phi) is 3.27. The second-order valence-corrected chi connectivity index (χ2v) is 6.02. The van der Waals surface area contributed by atoms with Gasteiger partial charge in [-0.15, -0.1) is 11.3 Å². The molecule has 1 unspecified atom stereocenters. The fourth-order valence-electron chi connectivity index (χ4n) is 2.11. The molecule has 3 aromatic heterocycles. The first-order valence-corrected chi connectivity index (χ1v) is 7.26. The molecule has 3 aromatic rings. The van der Waals surface area contributed by atoms with Gasteiger partial charge < -0.3 is 9.72 Å². The topological polar surface area (TPSA) is 68.6 Å². The van der Waals surface area contributed by atoms with Crippen molar-refractivity contribution < 1.29 is 4.74 Å². The normalized spacial score (nSPS) is 12.8. The fourth-order valence-corrected chi connectivity index (χ4v) is 3.27. The molecule has 1 N–H and O–H groups in total. The first kappa shape index (κ1) is 13.2. The van der Waals surface area contributed by atoms with Crippen molar-refractivity contribution in [2.75, 3.05) is 7.11 Å². The number of nitrogens with one attached hydrogen (secondary N) is 1. The highest BCUT2D eigenvalue weighted by Crippen LogP contribution is 2.28. The van der Waals surface area contributed by atoms with Crippen molar-refractivity contribution in [3.63, 3.8) is 0 Å². The Morgan fingerprint density at radius 1 is 1.40 bits per heavy atom. The molecular formula is C12H13N5OS2. The number of methoxy groups -OCH3 is 1. The van der Waals surface area contributed by atoms with E-state index in [1.165, 1.54) is 11.2 Å². The highest BCUT2D eigenvalue weighted by molar-refractivity contribution is 7.71. The molecule has 0 radical (unpaired) electrons. The molecule has 8 heteroatoms. The maximum absolute atomic E-state index is 5.40. The Morgan fingerprint density at radius 3 is 2.85 bits per heavy atom. The van der Waals surface area contributed by atoms with Crippen molar-refractivity contribution in [1.82, 2.24) is 24.5 Å². The van der Waals surface area contributed by atoms with E-state index in [4.69, 9.17) is 17.0 Å². The number of aromatic amines is 1. The Hall–Kier alpha value is -1.80. The van der Waals surface area contributed by atoms with Crippen molar-refractivity contribution in [2.24, 2.45) is 0 Å². The number of H-pyrrole nitrogens is 1. The summed E-state index contributed by atoms with van der Waals surface area (Å²) in [4.78, 5) is 17.1. The van der Waals surface area contributed by atoms with Crippen LogP contribution >= 0.6 is 23.6 Å². The summed E-state index contributed by atoms with van der Waals surface area (Å²) >= 11 is 7.06. The second kappa shape index (κ2) is 4.95. The van der Waals surface area contributed by atoms with Crippen molar-refractivity contribution in [2.45, 2.75) is 19.9 Å². The number of thiazole rings is 1. The van der Waals surface area contributed by atoms with E-state index in [1.54, 1.807) is 18.4 Å². The summed E-state index contributed by atoms with van der Waals surface area (Å²) in [7, 11) is 1.57. The molecular weight excluding hydrogens is 294 g/mol. The van der Waals surface area contributed by atoms with E-state index in [0.29, 0.717) is 16.2 Å². The van der Waals surface area contributed by atoms with Crippen LogP contribution in [0.5, 0.6) is 5.88 Å². The third kappa shape index (κ3) is 2.01. The lowest BCUT2D eigenvalue weighted by Crippen LogP contribution is -2.07. The van der Waals surface area contributed by atoms with E-state index in [2.05, 4.69) is 26.9 Å². The third-order valence-corrected chi connectivity index (χ3v) is 4.43. The quantitative estimate of drug-likeness (QED) is 0.754. The number of imidazole rings is 1. The number of aromatic nitrogens is 5. The SMILES string of the molecule is COc1ncnc2c1[nH]c(=S)n2C(C)c1ncc(C)s1. The number of nitrogens with zero attached hydrogens (tertiary/aromatic N) is 4. The average Bonchev–Trinajstić information content (AvgIpc) is 3.00. The first-order valence-electron chi connectivity index (χ1n) is 6.03. The lowest BCUT2D eigenvalue weighted by Gasteiger charge is -2.10.